The maximum absolute atomic E-state index is 11.8. The molecule has 1 aliphatic heterocycles. The molecule has 1 aliphatic rings. The van der Waals surface area contributed by atoms with Gasteiger partial charge in [-0.3, -0.25) is 9.59 Å². The molecule has 0 fully saturated rings. The van der Waals surface area contributed by atoms with E-state index in [1.54, 1.807) is 0 Å². The number of halogens is 3. The Morgan fingerprint density at radius 2 is 1.87 bits per heavy atom. The second kappa shape index (κ2) is 7.63. The summed E-state index contributed by atoms with van der Waals surface area (Å²) >= 11 is 17.6. The van der Waals surface area contributed by atoms with E-state index < -0.39 is 18.5 Å². The lowest BCUT2D eigenvalue weighted by Gasteiger charge is -2.12. The summed E-state index contributed by atoms with van der Waals surface area (Å²) in [6, 6.07) is 2.83. The first-order chi connectivity index (χ1) is 10.9. The summed E-state index contributed by atoms with van der Waals surface area (Å²) in [5.41, 5.74) is 2.37. The molecule has 0 saturated heterocycles. The molecule has 0 radical (unpaired) electrons. The summed E-state index contributed by atoms with van der Waals surface area (Å²) in [5, 5.41) is 6.62. The Bertz CT molecular complexity index is 683. The topological polar surface area (TPSA) is 96.9 Å². The van der Waals surface area contributed by atoms with Crippen molar-refractivity contribution in [3.63, 3.8) is 0 Å². The maximum atomic E-state index is 11.8. The Morgan fingerprint density at radius 1 is 1.22 bits per heavy atom. The molecule has 122 valence electrons. The van der Waals surface area contributed by atoms with Crippen LogP contribution in [0.15, 0.2) is 17.2 Å². The van der Waals surface area contributed by atoms with E-state index in [1.807, 2.05) is 0 Å². The monoisotopic (exact) mass is 377 g/mol. The number of ether oxygens (including phenoxy) is 1. The molecule has 0 atom stereocenters. The molecule has 0 saturated carbocycles. The molecule has 2 rings (SSSR count). The third-order valence-electron chi connectivity index (χ3n) is 2.75. The fourth-order valence-electron chi connectivity index (χ4n) is 1.67. The SMILES string of the molecule is O=C1CCC(C(=O)OCC(=O)Nc2c(Cl)cc(Cl)cc2Cl)=NN1. The quantitative estimate of drug-likeness (QED) is 0.786. The van der Waals surface area contributed by atoms with Crippen molar-refractivity contribution >= 4 is 64.0 Å². The molecule has 2 amide bonds. The second-order valence-electron chi connectivity index (χ2n) is 4.46. The summed E-state index contributed by atoms with van der Waals surface area (Å²) in [6.45, 7) is -0.554. The van der Waals surface area contributed by atoms with Crippen LogP contribution in [0.25, 0.3) is 0 Å². The number of nitrogens with zero attached hydrogens (tertiary/aromatic N) is 1. The number of esters is 1. The molecule has 0 bridgehead atoms. The highest BCUT2D eigenvalue weighted by molar-refractivity contribution is 6.42. The molecule has 0 aromatic heterocycles. The molecule has 23 heavy (non-hydrogen) atoms. The zero-order valence-corrected chi connectivity index (χ0v) is 13.8. The van der Waals surface area contributed by atoms with E-state index in [0.717, 1.165) is 0 Å². The minimum absolute atomic E-state index is 0.0416. The predicted molar refractivity (Wildman–Crippen MR) is 85.9 cm³/mol. The Balaban J connectivity index is 1.91. The molecule has 1 aromatic carbocycles. The highest BCUT2D eigenvalue weighted by atomic mass is 35.5. The molecule has 0 unspecified atom stereocenters. The normalized spacial score (nSPS) is 13.9. The zero-order valence-electron chi connectivity index (χ0n) is 11.5. The minimum Gasteiger partial charge on any atom is -0.451 e. The molecular formula is C13H10Cl3N3O4. The van der Waals surface area contributed by atoms with Gasteiger partial charge in [-0.1, -0.05) is 34.8 Å². The van der Waals surface area contributed by atoms with Gasteiger partial charge in [0.05, 0.1) is 15.7 Å². The van der Waals surface area contributed by atoms with Gasteiger partial charge in [-0.25, -0.2) is 10.2 Å². The van der Waals surface area contributed by atoms with Gasteiger partial charge < -0.3 is 10.1 Å². The number of hydrazone groups is 1. The van der Waals surface area contributed by atoms with Gasteiger partial charge in [0, 0.05) is 17.9 Å². The average molecular weight is 379 g/mol. The summed E-state index contributed by atoms with van der Waals surface area (Å²) in [5.74, 6) is -1.70. The fraction of sp³-hybridized carbons (Fsp3) is 0.231. The van der Waals surface area contributed by atoms with Gasteiger partial charge in [0.1, 0.15) is 5.71 Å². The molecule has 1 aromatic rings. The van der Waals surface area contributed by atoms with Crippen LogP contribution in [0, 0.1) is 0 Å². The van der Waals surface area contributed by atoms with E-state index in [2.05, 4.69) is 15.8 Å². The summed E-state index contributed by atoms with van der Waals surface area (Å²) < 4.78 is 4.81. The van der Waals surface area contributed by atoms with Crippen molar-refractivity contribution in [3.05, 3.63) is 27.2 Å². The van der Waals surface area contributed by atoms with Crippen LogP contribution in [0.5, 0.6) is 0 Å². The lowest BCUT2D eigenvalue weighted by Crippen LogP contribution is -2.32. The first kappa shape index (κ1) is 17.5. The van der Waals surface area contributed by atoms with Crippen LogP contribution in [0.1, 0.15) is 12.8 Å². The van der Waals surface area contributed by atoms with E-state index in [4.69, 9.17) is 39.5 Å². The number of anilines is 1. The number of amides is 2. The lowest BCUT2D eigenvalue weighted by atomic mass is 10.2. The van der Waals surface area contributed by atoms with Gasteiger partial charge in [-0.05, 0) is 12.1 Å². The third kappa shape index (κ3) is 4.82. The number of carbonyl (C=O) groups is 3. The van der Waals surface area contributed by atoms with Crippen LogP contribution in [-0.4, -0.2) is 30.1 Å². The summed E-state index contributed by atoms with van der Waals surface area (Å²) in [6.07, 6.45) is 0.289. The maximum Gasteiger partial charge on any atom is 0.355 e. The largest absolute Gasteiger partial charge is 0.451 e. The molecule has 0 aliphatic carbocycles. The van der Waals surface area contributed by atoms with Crippen LogP contribution in [0.4, 0.5) is 5.69 Å². The van der Waals surface area contributed by atoms with Crippen molar-refractivity contribution in [2.75, 3.05) is 11.9 Å². The van der Waals surface area contributed by atoms with Gasteiger partial charge in [-0.15, -0.1) is 0 Å². The van der Waals surface area contributed by atoms with Crippen molar-refractivity contribution in [3.8, 4) is 0 Å². The minimum atomic E-state index is -0.784. The van der Waals surface area contributed by atoms with Crippen LogP contribution in [0.2, 0.25) is 15.1 Å². The molecule has 7 nitrogen and oxygen atoms in total. The lowest BCUT2D eigenvalue weighted by molar-refractivity contribution is -0.140. The number of hydrogen-bond acceptors (Lipinski definition) is 5. The van der Waals surface area contributed by atoms with Crippen LogP contribution in [0.3, 0.4) is 0 Å². The molecule has 0 spiro atoms. The van der Waals surface area contributed by atoms with Crippen molar-refractivity contribution in [2.45, 2.75) is 12.8 Å². The highest BCUT2D eigenvalue weighted by Gasteiger charge is 2.20. The number of nitrogens with one attached hydrogen (secondary N) is 2. The van der Waals surface area contributed by atoms with Crippen molar-refractivity contribution in [2.24, 2.45) is 5.10 Å². The number of benzene rings is 1. The molecule has 10 heteroatoms. The summed E-state index contributed by atoms with van der Waals surface area (Å²) in [7, 11) is 0. The van der Waals surface area contributed by atoms with Crippen LogP contribution < -0.4 is 10.7 Å². The second-order valence-corrected chi connectivity index (χ2v) is 5.71. The third-order valence-corrected chi connectivity index (χ3v) is 3.56. The molecule has 1 heterocycles. The number of hydrogen-bond donors (Lipinski definition) is 2. The van der Waals surface area contributed by atoms with Crippen LogP contribution in [-0.2, 0) is 19.1 Å². The predicted octanol–water partition coefficient (Wildman–Crippen LogP) is 2.39. The number of carbonyl (C=O) groups excluding carboxylic acids is 3. The van der Waals surface area contributed by atoms with Gasteiger partial charge in [0.15, 0.2) is 6.61 Å². The average Bonchev–Trinajstić information content (AvgIpc) is 2.49. The Labute approximate surface area is 145 Å². The summed E-state index contributed by atoms with van der Waals surface area (Å²) in [4.78, 5) is 34.4. The van der Waals surface area contributed by atoms with Gasteiger partial charge in [-0.2, -0.15) is 5.10 Å². The van der Waals surface area contributed by atoms with E-state index in [1.165, 1.54) is 12.1 Å². The van der Waals surface area contributed by atoms with E-state index in [-0.39, 0.29) is 40.2 Å². The first-order valence-corrected chi connectivity index (χ1v) is 7.47. The van der Waals surface area contributed by atoms with Gasteiger partial charge in [0.2, 0.25) is 5.91 Å². The van der Waals surface area contributed by atoms with E-state index in [0.29, 0.717) is 5.02 Å². The Morgan fingerprint density at radius 3 is 2.43 bits per heavy atom. The Hall–Kier alpha value is -1.83. The number of rotatable bonds is 4. The zero-order chi connectivity index (χ0) is 17.0. The van der Waals surface area contributed by atoms with Gasteiger partial charge >= 0.3 is 5.97 Å². The highest BCUT2D eigenvalue weighted by Crippen LogP contribution is 2.33. The van der Waals surface area contributed by atoms with Crippen molar-refractivity contribution in [1.82, 2.24) is 5.43 Å². The van der Waals surface area contributed by atoms with E-state index >= 15 is 0 Å². The molecular weight excluding hydrogens is 369 g/mol. The van der Waals surface area contributed by atoms with Crippen molar-refractivity contribution < 1.29 is 19.1 Å². The first-order valence-electron chi connectivity index (χ1n) is 6.33. The fourth-order valence-corrected chi connectivity index (χ4v) is 2.58. The van der Waals surface area contributed by atoms with Crippen LogP contribution >= 0.6 is 34.8 Å². The molecule has 2 N–H and O–H groups in total. The van der Waals surface area contributed by atoms with E-state index in [9.17, 15) is 14.4 Å². The smallest absolute Gasteiger partial charge is 0.355 e. The van der Waals surface area contributed by atoms with Crippen molar-refractivity contribution in [1.29, 1.82) is 0 Å². The standard InChI is InChI=1S/C13H10Cl3N3O4/c14-6-3-7(15)12(8(16)4-6)17-11(21)5-23-13(22)9-1-2-10(20)19-18-9/h3-4H,1-2,5H2,(H,17,21)(H,19,20). The van der Waals surface area contributed by atoms with Gasteiger partial charge in [0.25, 0.3) is 5.91 Å². The Kier molecular flexibility index (Phi) is 5.81.